The molecule has 1 N–H and O–H groups in total. The minimum atomic E-state index is -0.689. The summed E-state index contributed by atoms with van der Waals surface area (Å²) in [5.74, 6) is 0.894. The highest BCUT2D eigenvalue weighted by molar-refractivity contribution is 6.07. The molecule has 1 aliphatic carbocycles. The predicted octanol–water partition coefficient (Wildman–Crippen LogP) is 2.58. The van der Waals surface area contributed by atoms with Crippen LogP contribution < -0.4 is 10.1 Å². The van der Waals surface area contributed by atoms with Crippen LogP contribution in [0.3, 0.4) is 0 Å². The monoisotopic (exact) mass is 346 g/mol. The standard InChI is InChI=1S/C19H26N2O4/c1-15-7-5-6-10-19(15)17(22)21(18(23)20-19)11-12-24-13-14-25-16-8-3-2-4-9-16/h2-4,8-9,15H,5-7,10-14H2,1H3,(H,20,23)/t15-,19-/m0/s1. The fourth-order valence-corrected chi connectivity index (χ4v) is 3.69. The van der Waals surface area contributed by atoms with Gasteiger partial charge >= 0.3 is 6.03 Å². The van der Waals surface area contributed by atoms with Crippen molar-refractivity contribution in [2.24, 2.45) is 5.92 Å². The van der Waals surface area contributed by atoms with Crippen LogP contribution in [-0.4, -0.2) is 48.7 Å². The van der Waals surface area contributed by atoms with E-state index in [1.165, 1.54) is 4.90 Å². The molecule has 1 aromatic carbocycles. The third-order valence-electron chi connectivity index (χ3n) is 5.20. The average Bonchev–Trinajstić information content (AvgIpc) is 2.86. The quantitative estimate of drug-likeness (QED) is 0.609. The summed E-state index contributed by atoms with van der Waals surface area (Å²) >= 11 is 0. The lowest BCUT2D eigenvalue weighted by Crippen LogP contribution is -2.54. The summed E-state index contributed by atoms with van der Waals surface area (Å²) < 4.78 is 11.1. The first-order valence-electron chi connectivity index (χ1n) is 9.03. The molecule has 3 rings (SSSR count). The van der Waals surface area contributed by atoms with Gasteiger partial charge in [0, 0.05) is 0 Å². The van der Waals surface area contributed by atoms with Gasteiger partial charge in [0.25, 0.3) is 5.91 Å². The summed E-state index contributed by atoms with van der Waals surface area (Å²) in [6, 6.07) is 9.24. The molecule has 0 bridgehead atoms. The topological polar surface area (TPSA) is 67.9 Å². The second-order valence-electron chi connectivity index (χ2n) is 6.78. The molecular weight excluding hydrogens is 320 g/mol. The van der Waals surface area contributed by atoms with E-state index < -0.39 is 5.54 Å². The summed E-state index contributed by atoms with van der Waals surface area (Å²) in [6.45, 7) is 3.51. The maximum Gasteiger partial charge on any atom is 0.325 e. The predicted molar refractivity (Wildman–Crippen MR) is 93.4 cm³/mol. The summed E-state index contributed by atoms with van der Waals surface area (Å²) in [6.07, 6.45) is 3.82. The highest BCUT2D eigenvalue weighted by atomic mass is 16.5. The van der Waals surface area contributed by atoms with E-state index in [1.807, 2.05) is 30.3 Å². The number of carbonyl (C=O) groups is 2. The van der Waals surface area contributed by atoms with Crippen LogP contribution in [0.1, 0.15) is 32.6 Å². The van der Waals surface area contributed by atoms with Crippen LogP contribution in [0.15, 0.2) is 30.3 Å². The van der Waals surface area contributed by atoms with Crippen molar-refractivity contribution < 1.29 is 19.1 Å². The summed E-state index contributed by atoms with van der Waals surface area (Å²) in [5, 5.41) is 2.95. The van der Waals surface area contributed by atoms with Crippen LogP contribution in [0.5, 0.6) is 5.75 Å². The third kappa shape index (κ3) is 3.79. The van der Waals surface area contributed by atoms with Gasteiger partial charge in [-0.1, -0.05) is 38.0 Å². The van der Waals surface area contributed by atoms with E-state index in [0.29, 0.717) is 19.8 Å². The van der Waals surface area contributed by atoms with E-state index in [4.69, 9.17) is 9.47 Å². The zero-order chi connectivity index (χ0) is 17.7. The lowest BCUT2D eigenvalue weighted by Gasteiger charge is -2.36. The van der Waals surface area contributed by atoms with Crippen molar-refractivity contribution in [1.29, 1.82) is 0 Å². The van der Waals surface area contributed by atoms with Gasteiger partial charge in [0.05, 0.1) is 19.8 Å². The van der Waals surface area contributed by atoms with Gasteiger partial charge in [-0.3, -0.25) is 9.69 Å². The van der Waals surface area contributed by atoms with Crippen molar-refractivity contribution in [3.63, 3.8) is 0 Å². The number of ether oxygens (including phenoxy) is 2. The molecular formula is C19H26N2O4. The van der Waals surface area contributed by atoms with E-state index in [9.17, 15) is 9.59 Å². The number of hydrogen-bond donors (Lipinski definition) is 1. The number of amides is 3. The number of imide groups is 1. The largest absolute Gasteiger partial charge is 0.491 e. The van der Waals surface area contributed by atoms with Crippen molar-refractivity contribution in [3.8, 4) is 5.75 Å². The number of hydrogen-bond acceptors (Lipinski definition) is 4. The minimum Gasteiger partial charge on any atom is -0.491 e. The molecule has 1 aromatic rings. The second-order valence-corrected chi connectivity index (χ2v) is 6.78. The van der Waals surface area contributed by atoms with E-state index in [1.54, 1.807) is 0 Å². The van der Waals surface area contributed by atoms with E-state index in [-0.39, 0.29) is 24.4 Å². The molecule has 1 spiro atoms. The molecule has 1 saturated heterocycles. The summed E-state index contributed by atoms with van der Waals surface area (Å²) in [4.78, 5) is 26.3. The van der Waals surface area contributed by atoms with Gasteiger partial charge in [0.1, 0.15) is 17.9 Å². The van der Waals surface area contributed by atoms with Crippen LogP contribution in [-0.2, 0) is 9.53 Å². The first-order valence-corrected chi connectivity index (χ1v) is 9.03. The molecule has 3 amide bonds. The van der Waals surface area contributed by atoms with Crippen LogP contribution in [0.2, 0.25) is 0 Å². The molecule has 25 heavy (non-hydrogen) atoms. The van der Waals surface area contributed by atoms with E-state index in [2.05, 4.69) is 12.2 Å². The Kier molecular flexibility index (Phi) is 5.58. The van der Waals surface area contributed by atoms with E-state index >= 15 is 0 Å². The van der Waals surface area contributed by atoms with Crippen LogP contribution in [0, 0.1) is 5.92 Å². The molecule has 2 aliphatic rings. The molecule has 6 heteroatoms. The Hall–Kier alpha value is -2.08. The molecule has 2 fully saturated rings. The maximum absolute atomic E-state index is 12.8. The van der Waals surface area contributed by atoms with Crippen LogP contribution in [0.4, 0.5) is 4.79 Å². The molecule has 1 saturated carbocycles. The molecule has 0 radical (unpaired) electrons. The molecule has 6 nitrogen and oxygen atoms in total. The Balaban J connectivity index is 1.41. The Morgan fingerprint density at radius 3 is 2.72 bits per heavy atom. The highest BCUT2D eigenvalue weighted by Gasteiger charge is 2.54. The number of benzene rings is 1. The maximum atomic E-state index is 12.8. The van der Waals surface area contributed by atoms with Crippen molar-refractivity contribution >= 4 is 11.9 Å². The number of nitrogens with zero attached hydrogens (tertiary/aromatic N) is 1. The van der Waals surface area contributed by atoms with Crippen molar-refractivity contribution in [3.05, 3.63) is 30.3 Å². The fraction of sp³-hybridized carbons (Fsp3) is 0.579. The lowest BCUT2D eigenvalue weighted by atomic mass is 9.73. The highest BCUT2D eigenvalue weighted by Crippen LogP contribution is 2.38. The second kappa shape index (κ2) is 7.87. The number of rotatable bonds is 7. The smallest absolute Gasteiger partial charge is 0.325 e. The minimum absolute atomic E-state index is 0.0890. The van der Waals surface area contributed by atoms with Gasteiger partial charge in [0.2, 0.25) is 0 Å². The third-order valence-corrected chi connectivity index (χ3v) is 5.20. The molecule has 2 atom stereocenters. The van der Waals surface area contributed by atoms with Crippen LogP contribution >= 0.6 is 0 Å². The summed E-state index contributed by atoms with van der Waals surface area (Å²) in [7, 11) is 0. The molecule has 1 heterocycles. The number of carbonyl (C=O) groups excluding carboxylic acids is 2. The normalized spacial score (nSPS) is 26.1. The van der Waals surface area contributed by atoms with Gasteiger partial charge in [-0.2, -0.15) is 0 Å². The zero-order valence-corrected chi connectivity index (χ0v) is 14.7. The number of urea groups is 1. The van der Waals surface area contributed by atoms with Crippen molar-refractivity contribution in [2.45, 2.75) is 38.1 Å². The molecule has 136 valence electrons. The van der Waals surface area contributed by atoms with Gasteiger partial charge in [-0.15, -0.1) is 0 Å². The number of nitrogens with one attached hydrogen (secondary N) is 1. The summed E-state index contributed by atoms with van der Waals surface area (Å²) in [5.41, 5.74) is -0.689. The molecule has 0 aromatic heterocycles. The molecule has 1 aliphatic heterocycles. The Bertz CT molecular complexity index is 607. The lowest BCUT2D eigenvalue weighted by molar-refractivity contribution is -0.134. The van der Waals surface area contributed by atoms with Gasteiger partial charge < -0.3 is 14.8 Å². The Morgan fingerprint density at radius 2 is 1.96 bits per heavy atom. The average molecular weight is 346 g/mol. The van der Waals surface area contributed by atoms with Gasteiger partial charge in [-0.25, -0.2) is 4.79 Å². The van der Waals surface area contributed by atoms with Gasteiger partial charge in [-0.05, 0) is 30.9 Å². The van der Waals surface area contributed by atoms with Crippen molar-refractivity contribution in [1.82, 2.24) is 10.2 Å². The first kappa shape index (κ1) is 17.7. The van der Waals surface area contributed by atoms with Gasteiger partial charge in [0.15, 0.2) is 0 Å². The molecule has 0 unspecified atom stereocenters. The first-order chi connectivity index (χ1) is 12.1. The van der Waals surface area contributed by atoms with Crippen LogP contribution in [0.25, 0.3) is 0 Å². The Labute approximate surface area is 148 Å². The number of para-hydroxylation sites is 1. The Morgan fingerprint density at radius 1 is 1.16 bits per heavy atom. The SMILES string of the molecule is C[C@H]1CCCC[C@]12NC(=O)N(CCOCCOc1ccccc1)C2=O. The fourth-order valence-electron chi connectivity index (χ4n) is 3.69. The van der Waals surface area contributed by atoms with Crippen molar-refractivity contribution in [2.75, 3.05) is 26.4 Å². The van der Waals surface area contributed by atoms with E-state index in [0.717, 1.165) is 31.4 Å². The zero-order valence-electron chi connectivity index (χ0n) is 14.7.